The van der Waals surface area contributed by atoms with E-state index in [0.29, 0.717) is 11.1 Å². The first kappa shape index (κ1) is 31.9. The molecule has 8 rings (SSSR count). The summed E-state index contributed by atoms with van der Waals surface area (Å²) < 4.78 is 82.1. The number of benzene rings is 4. The fraction of sp³-hybridized carbons (Fsp3) is 0.222. The summed E-state index contributed by atoms with van der Waals surface area (Å²) in [4.78, 5) is 59.1. The first-order valence-corrected chi connectivity index (χ1v) is 15.6. The van der Waals surface area contributed by atoms with Crippen molar-refractivity contribution in [3.63, 3.8) is 0 Å². The van der Waals surface area contributed by atoms with Crippen LogP contribution in [0.5, 0.6) is 0 Å². The van der Waals surface area contributed by atoms with E-state index in [4.69, 9.17) is 0 Å². The summed E-state index contributed by atoms with van der Waals surface area (Å²) in [6.07, 6.45) is -9.50. The molecule has 0 radical (unpaired) electrons. The molecule has 14 heteroatoms. The maximum atomic E-state index is 14.4. The van der Waals surface area contributed by atoms with E-state index in [1.807, 2.05) is 0 Å². The van der Waals surface area contributed by atoms with Gasteiger partial charge in [-0.05, 0) is 47.5 Å². The second kappa shape index (κ2) is 11.1. The summed E-state index contributed by atoms with van der Waals surface area (Å²) >= 11 is 0. The largest absolute Gasteiger partial charge is 0.416 e. The average Bonchev–Trinajstić information content (AvgIpc) is 3.76. The number of alkyl halides is 6. The molecule has 6 atom stereocenters. The van der Waals surface area contributed by atoms with Crippen molar-refractivity contribution < 1.29 is 45.5 Å². The summed E-state index contributed by atoms with van der Waals surface area (Å²) in [5, 5.41) is 3.06. The van der Waals surface area contributed by atoms with Gasteiger partial charge in [-0.2, -0.15) is 26.3 Å². The summed E-state index contributed by atoms with van der Waals surface area (Å²) in [5.41, 5.74) is -1.69. The highest BCUT2D eigenvalue weighted by molar-refractivity contribution is 6.26. The highest BCUT2D eigenvalue weighted by Crippen LogP contribution is 2.60. The molecule has 0 N–H and O–H groups in total. The number of rotatable bonds is 4. The van der Waals surface area contributed by atoms with Crippen LogP contribution in [0.15, 0.2) is 109 Å². The van der Waals surface area contributed by atoms with Crippen LogP contribution in [0.25, 0.3) is 0 Å². The van der Waals surface area contributed by atoms with Gasteiger partial charge in [0.25, 0.3) is 11.8 Å². The van der Waals surface area contributed by atoms with Crippen LogP contribution in [-0.4, -0.2) is 45.7 Å². The van der Waals surface area contributed by atoms with Gasteiger partial charge in [0.2, 0.25) is 11.8 Å². The molecule has 0 saturated carbocycles. The first-order chi connectivity index (χ1) is 23.8. The molecule has 50 heavy (non-hydrogen) atoms. The topological polar surface area (TPSA) is 81.2 Å². The summed E-state index contributed by atoms with van der Waals surface area (Å²) in [6.45, 7) is 0. The van der Waals surface area contributed by atoms with Gasteiger partial charge in [0.05, 0.1) is 46.4 Å². The fourth-order valence-electron chi connectivity index (χ4n) is 7.95. The molecule has 8 nitrogen and oxygen atoms in total. The van der Waals surface area contributed by atoms with Crippen LogP contribution in [-0.2, 0) is 31.5 Å². The van der Waals surface area contributed by atoms with Gasteiger partial charge in [-0.3, -0.25) is 19.2 Å². The van der Waals surface area contributed by atoms with Crippen molar-refractivity contribution in [2.45, 2.75) is 36.5 Å². The Balaban J connectivity index is 1.29. The number of carbonyl (C=O) groups is 4. The molecule has 4 fully saturated rings. The highest BCUT2D eigenvalue weighted by Gasteiger charge is 2.73. The van der Waals surface area contributed by atoms with E-state index in [2.05, 4.69) is 0 Å². The number of hydrogen-bond donors (Lipinski definition) is 0. The molecular weight excluding hydrogens is 666 g/mol. The number of anilines is 2. The van der Waals surface area contributed by atoms with Gasteiger partial charge in [0, 0.05) is 0 Å². The monoisotopic (exact) mass is 690 g/mol. The third-order valence-electron chi connectivity index (χ3n) is 9.87. The number of imide groups is 2. The van der Waals surface area contributed by atoms with Crippen molar-refractivity contribution in [1.82, 2.24) is 10.0 Å². The summed E-state index contributed by atoms with van der Waals surface area (Å²) in [6, 6.07) is 19.8. The Morgan fingerprint density at radius 1 is 0.420 bits per heavy atom. The van der Waals surface area contributed by atoms with Crippen LogP contribution < -0.4 is 9.80 Å². The minimum absolute atomic E-state index is 0.277. The smallest absolute Gasteiger partial charge is 0.274 e. The average molecular weight is 691 g/mol. The third-order valence-corrected chi connectivity index (χ3v) is 9.87. The Labute approximate surface area is 280 Å². The maximum Gasteiger partial charge on any atom is 0.416 e. The van der Waals surface area contributed by atoms with Crippen LogP contribution in [0.4, 0.5) is 37.7 Å². The van der Waals surface area contributed by atoms with Crippen molar-refractivity contribution >= 4 is 35.0 Å². The van der Waals surface area contributed by atoms with Crippen LogP contribution in [0.3, 0.4) is 0 Å². The lowest BCUT2D eigenvalue weighted by Crippen LogP contribution is -2.50. The number of amides is 4. The Hall–Kier alpha value is -5.34. The van der Waals surface area contributed by atoms with E-state index in [1.165, 1.54) is 22.2 Å². The quantitative estimate of drug-likeness (QED) is 0.188. The second-order valence-electron chi connectivity index (χ2n) is 12.5. The molecule has 254 valence electrons. The Morgan fingerprint density at radius 2 is 0.780 bits per heavy atom. The van der Waals surface area contributed by atoms with E-state index in [0.717, 1.165) is 46.2 Å². The maximum absolute atomic E-state index is 14.4. The van der Waals surface area contributed by atoms with Crippen molar-refractivity contribution in [2.24, 2.45) is 11.8 Å². The fourth-order valence-corrected chi connectivity index (χ4v) is 7.95. The zero-order valence-corrected chi connectivity index (χ0v) is 25.5. The van der Waals surface area contributed by atoms with E-state index in [1.54, 1.807) is 60.7 Å². The third kappa shape index (κ3) is 4.62. The van der Waals surface area contributed by atoms with Crippen LogP contribution in [0.1, 0.15) is 34.3 Å². The van der Waals surface area contributed by atoms with Gasteiger partial charge in [0.1, 0.15) is 12.1 Å². The van der Waals surface area contributed by atoms with Crippen molar-refractivity contribution in [1.29, 1.82) is 0 Å². The Morgan fingerprint density at radius 3 is 1.12 bits per heavy atom. The van der Waals surface area contributed by atoms with Gasteiger partial charge in [-0.25, -0.2) is 19.8 Å². The van der Waals surface area contributed by atoms with Crippen LogP contribution in [0.2, 0.25) is 0 Å². The molecule has 4 aromatic carbocycles. The number of halogens is 6. The molecule has 0 spiro atoms. The molecular formula is C36H24F6N4O4. The van der Waals surface area contributed by atoms with Crippen molar-refractivity contribution in [2.75, 3.05) is 9.80 Å². The molecule has 0 aliphatic carbocycles. The first-order valence-electron chi connectivity index (χ1n) is 15.6. The molecule has 4 heterocycles. The minimum atomic E-state index is -4.75. The molecule has 4 amide bonds. The number of carbonyl (C=O) groups excluding carboxylic acids is 4. The lowest BCUT2D eigenvalue weighted by Gasteiger charge is -2.35. The molecule has 0 bridgehead atoms. The molecule has 4 aliphatic heterocycles. The number of nitrogens with zero attached hydrogens (tertiary/aromatic N) is 4. The molecule has 0 unspecified atom stereocenters. The van der Waals surface area contributed by atoms with E-state index in [9.17, 15) is 45.5 Å². The van der Waals surface area contributed by atoms with E-state index < -0.39 is 83.1 Å². The molecule has 0 aromatic heterocycles. The lowest BCUT2D eigenvalue weighted by molar-refractivity contribution is -0.138. The van der Waals surface area contributed by atoms with Gasteiger partial charge in [-0.15, -0.1) is 0 Å². The molecule has 4 saturated heterocycles. The zero-order valence-electron chi connectivity index (χ0n) is 25.5. The lowest BCUT2D eigenvalue weighted by atomic mass is 9.84. The van der Waals surface area contributed by atoms with Gasteiger partial charge in [0.15, 0.2) is 0 Å². The van der Waals surface area contributed by atoms with Crippen LogP contribution in [0, 0.1) is 11.8 Å². The normalized spacial score (nSPS) is 26.9. The second-order valence-corrected chi connectivity index (χ2v) is 12.5. The van der Waals surface area contributed by atoms with E-state index in [-0.39, 0.29) is 11.4 Å². The number of hydrazine groups is 1. The Kier molecular flexibility index (Phi) is 7.07. The number of fused-ring (bicyclic) bond motifs is 5. The van der Waals surface area contributed by atoms with Gasteiger partial charge < -0.3 is 0 Å². The van der Waals surface area contributed by atoms with Gasteiger partial charge in [-0.1, -0.05) is 72.8 Å². The summed E-state index contributed by atoms with van der Waals surface area (Å²) in [7, 11) is 0. The SMILES string of the molecule is O=C1[C@@H]2[C@@H](C(=O)N1c1cccc(C(F)(F)F)c1)N1[C@@H](c3ccccc3)[C@H]3C(=O)N(c4cccc(C(F)(F)F)c4)C(=O)[C@@H]3N1[C@@H]2c1ccccc1. The predicted molar refractivity (Wildman–Crippen MR) is 164 cm³/mol. The van der Waals surface area contributed by atoms with Crippen LogP contribution >= 0.6 is 0 Å². The van der Waals surface area contributed by atoms with Crippen molar-refractivity contribution in [3.8, 4) is 0 Å². The minimum Gasteiger partial charge on any atom is -0.274 e. The van der Waals surface area contributed by atoms with E-state index >= 15 is 0 Å². The summed E-state index contributed by atoms with van der Waals surface area (Å²) in [5.74, 6) is -5.71. The predicted octanol–water partition coefficient (Wildman–Crippen LogP) is 6.17. The molecule has 4 aliphatic rings. The van der Waals surface area contributed by atoms with Crippen molar-refractivity contribution in [3.05, 3.63) is 131 Å². The number of hydrogen-bond acceptors (Lipinski definition) is 6. The Bertz CT molecular complexity index is 1910. The molecule has 4 aromatic rings. The highest BCUT2D eigenvalue weighted by atomic mass is 19.4. The zero-order chi connectivity index (χ0) is 35.3. The standard InChI is InChI=1S/C36H24F6N4O4/c37-35(38,39)21-13-7-15-23(17-21)43-31(47)25-27(19-9-3-1-4-10-19)45-30-26(28(20-11-5-2-6-12-20)46(45)29(25)33(43)49)32(48)44(34(30)50)24-16-8-14-22(18-24)36(40,41)42/h1-18,25-30H/t25-,26+,27+,28-,29-,30+. The van der Waals surface area contributed by atoms with Gasteiger partial charge >= 0.3 is 12.4 Å².